The van der Waals surface area contributed by atoms with Crippen molar-refractivity contribution in [3.63, 3.8) is 0 Å². The van der Waals surface area contributed by atoms with Crippen LogP contribution in [0.5, 0.6) is 0 Å². The molecule has 3 atom stereocenters. The quantitative estimate of drug-likeness (QED) is 0.565. The Hall–Kier alpha value is -1.81. The number of aryl methyl sites for hydroxylation is 1. The summed E-state index contributed by atoms with van der Waals surface area (Å²) < 4.78 is 4.57. The molecule has 1 aromatic carbocycles. The molecule has 147 valence electrons. The van der Waals surface area contributed by atoms with E-state index in [2.05, 4.69) is 10.5 Å². The minimum absolute atomic E-state index is 0. The van der Waals surface area contributed by atoms with Gasteiger partial charge in [-0.05, 0) is 20.8 Å². The second-order valence-corrected chi connectivity index (χ2v) is 9.15. The van der Waals surface area contributed by atoms with Crippen LogP contribution in [0.25, 0.3) is 11.3 Å². The van der Waals surface area contributed by atoms with Crippen LogP contribution in [0.4, 0.5) is 0 Å². The second-order valence-electron chi connectivity index (χ2n) is 7.38. The van der Waals surface area contributed by atoms with Gasteiger partial charge in [0.1, 0.15) is 34.5 Å². The van der Waals surface area contributed by atoms with Crippen LogP contribution in [0.1, 0.15) is 30.0 Å². The van der Waals surface area contributed by atoms with E-state index < -0.39 is 34.1 Å². The number of hydrogen-bond acceptors (Lipinski definition) is 6. The third kappa shape index (κ3) is 3.50. The zero-order valence-electron chi connectivity index (χ0n) is 16.5. The number of carboxylic acids is 1. The van der Waals surface area contributed by atoms with Crippen LogP contribution in [0.2, 0.25) is 0 Å². The van der Waals surface area contributed by atoms with Gasteiger partial charge in [0.15, 0.2) is 0 Å². The molecule has 2 amide bonds. The molecule has 0 saturated carbocycles. The molecule has 4 rings (SSSR count). The zero-order chi connectivity index (χ0) is 20.2. The minimum Gasteiger partial charge on any atom is -0.480 e. The molecule has 29 heavy (non-hydrogen) atoms. The molecule has 2 aliphatic rings. The first-order valence-corrected chi connectivity index (χ1v) is 9.65. The number of nitrogens with one attached hydrogen (secondary N) is 1. The normalized spacial score (nSPS) is 24.3. The van der Waals surface area contributed by atoms with E-state index in [1.807, 2.05) is 30.3 Å². The van der Waals surface area contributed by atoms with Crippen molar-refractivity contribution in [2.45, 2.75) is 43.0 Å². The van der Waals surface area contributed by atoms with E-state index in [0.29, 0.717) is 11.5 Å². The number of carbonyl (C=O) groups is 3. The Morgan fingerprint density at radius 3 is 2.55 bits per heavy atom. The minimum atomic E-state index is -1.04. The first-order valence-electron chi connectivity index (χ1n) is 8.77. The fourth-order valence-corrected chi connectivity index (χ4v) is 5.42. The molecule has 0 bridgehead atoms. The Kier molecular flexibility index (Phi) is 5.88. The van der Waals surface area contributed by atoms with Crippen molar-refractivity contribution in [3.8, 4) is 11.3 Å². The van der Waals surface area contributed by atoms with Crippen LogP contribution in [-0.4, -0.2) is 84.7 Å². The number of benzene rings is 1. The Labute approximate surface area is 193 Å². The molecule has 1 radical (unpaired) electrons. The number of thioether (sulfide) groups is 1. The molecule has 8 nitrogen and oxygen atoms in total. The summed E-state index contributed by atoms with van der Waals surface area (Å²) in [5.74, 6) is -1.55. The van der Waals surface area contributed by atoms with Gasteiger partial charge in [0.05, 0.1) is 0 Å². The van der Waals surface area contributed by atoms with Crippen molar-refractivity contribution < 1.29 is 24.0 Å². The van der Waals surface area contributed by atoms with Gasteiger partial charge in [-0.15, -0.1) is 11.8 Å². The van der Waals surface area contributed by atoms with Crippen molar-refractivity contribution in [1.82, 2.24) is 15.4 Å². The predicted molar refractivity (Wildman–Crippen MR) is 107 cm³/mol. The zero-order valence-corrected chi connectivity index (χ0v) is 19.3. The molecule has 2 aromatic rings. The molecule has 2 aliphatic heterocycles. The summed E-state index contributed by atoms with van der Waals surface area (Å²) in [5, 5.41) is 15.8. The van der Waals surface area contributed by atoms with Gasteiger partial charge in [0, 0.05) is 39.9 Å². The van der Waals surface area contributed by atoms with Crippen LogP contribution in [0, 0.1) is 6.92 Å². The first kappa shape index (κ1) is 21.9. The fourth-order valence-electron chi connectivity index (χ4n) is 3.79. The van der Waals surface area contributed by atoms with E-state index in [4.69, 9.17) is 4.52 Å². The predicted octanol–water partition coefficient (Wildman–Crippen LogP) is 1.51. The fraction of sp³-hybridized carbons (Fsp3) is 0.368. The van der Waals surface area contributed by atoms with E-state index in [1.165, 1.54) is 16.7 Å². The maximum absolute atomic E-state index is 12.9. The van der Waals surface area contributed by atoms with Crippen molar-refractivity contribution in [2.75, 3.05) is 0 Å². The number of carboxylic acid groups (broad SMARTS) is 1. The number of aliphatic carboxylic acids is 1. The molecular formula is C19H19N3NaO5S. The molecule has 0 aliphatic carbocycles. The molecule has 10 heteroatoms. The van der Waals surface area contributed by atoms with E-state index in [0.717, 1.165) is 5.56 Å². The van der Waals surface area contributed by atoms with Crippen molar-refractivity contribution in [3.05, 3.63) is 41.7 Å². The monoisotopic (exact) mass is 424 g/mol. The van der Waals surface area contributed by atoms with E-state index in [1.54, 1.807) is 20.8 Å². The summed E-state index contributed by atoms with van der Waals surface area (Å²) in [6, 6.07) is 7.46. The van der Waals surface area contributed by atoms with E-state index >= 15 is 0 Å². The van der Waals surface area contributed by atoms with Crippen molar-refractivity contribution in [1.29, 1.82) is 0 Å². The van der Waals surface area contributed by atoms with Crippen LogP contribution < -0.4 is 5.32 Å². The molecular weight excluding hydrogens is 405 g/mol. The topological polar surface area (TPSA) is 113 Å². The molecule has 2 N–H and O–H groups in total. The van der Waals surface area contributed by atoms with Gasteiger partial charge >= 0.3 is 5.97 Å². The van der Waals surface area contributed by atoms with Gasteiger partial charge in [0.25, 0.3) is 5.91 Å². The van der Waals surface area contributed by atoms with Crippen molar-refractivity contribution in [2.24, 2.45) is 0 Å². The van der Waals surface area contributed by atoms with Gasteiger partial charge in [-0.1, -0.05) is 35.5 Å². The van der Waals surface area contributed by atoms with Gasteiger partial charge in [-0.3, -0.25) is 9.59 Å². The van der Waals surface area contributed by atoms with Crippen LogP contribution in [0.3, 0.4) is 0 Å². The Morgan fingerprint density at radius 1 is 1.28 bits per heavy atom. The van der Waals surface area contributed by atoms with Gasteiger partial charge in [-0.25, -0.2) is 4.79 Å². The van der Waals surface area contributed by atoms with Crippen LogP contribution >= 0.6 is 11.8 Å². The third-order valence-corrected chi connectivity index (χ3v) is 6.67. The molecule has 2 saturated heterocycles. The molecule has 1 aromatic heterocycles. The number of β-lactam (4-membered cyclic amide) rings is 1. The summed E-state index contributed by atoms with van der Waals surface area (Å²) in [7, 11) is 0. The van der Waals surface area contributed by atoms with Gasteiger partial charge in [-0.2, -0.15) is 0 Å². The van der Waals surface area contributed by atoms with Crippen LogP contribution in [0.15, 0.2) is 34.9 Å². The standard InChI is InChI=1S/C19H19N3O5S.Na/c1-9-11(12(21-27-9)10-7-5-4-6-8-10)15(23)20-13-16(24)22-14(18(25)26)19(2,3)28-17(13)22;/h4-8,13-14,17H,1-3H3,(H,20,23)(H,25,26);. The van der Waals surface area contributed by atoms with Crippen molar-refractivity contribution >= 4 is 59.1 Å². The summed E-state index contributed by atoms with van der Waals surface area (Å²) >= 11 is 1.38. The third-order valence-electron chi connectivity index (χ3n) is 5.10. The maximum Gasteiger partial charge on any atom is 0.327 e. The smallest absolute Gasteiger partial charge is 0.327 e. The number of hydrogen-bond donors (Lipinski definition) is 2. The number of carbonyl (C=O) groups excluding carboxylic acids is 2. The SMILES string of the molecule is Cc1onc(-c2ccccc2)c1C(=O)NC1C(=O)N2C1SC(C)(C)C2C(=O)O.[Na]. The second kappa shape index (κ2) is 7.79. The number of amides is 2. The molecule has 3 heterocycles. The number of aromatic nitrogens is 1. The molecule has 2 fully saturated rings. The maximum atomic E-state index is 12.9. The van der Waals surface area contributed by atoms with E-state index in [9.17, 15) is 19.5 Å². The first-order chi connectivity index (χ1) is 13.2. The van der Waals surface area contributed by atoms with Gasteiger partial charge < -0.3 is 19.8 Å². The average molecular weight is 424 g/mol. The average Bonchev–Trinajstić information content (AvgIpc) is 3.15. The largest absolute Gasteiger partial charge is 0.480 e. The number of rotatable bonds is 4. The van der Waals surface area contributed by atoms with Crippen LogP contribution in [-0.2, 0) is 9.59 Å². The Balaban J connectivity index is 0.00000240. The van der Waals surface area contributed by atoms with Gasteiger partial charge in [0.2, 0.25) is 5.91 Å². The summed E-state index contributed by atoms with van der Waals surface area (Å²) in [6.07, 6.45) is 0. The van der Waals surface area contributed by atoms with E-state index in [-0.39, 0.29) is 41.0 Å². The Morgan fingerprint density at radius 2 is 1.93 bits per heavy atom. The molecule has 0 spiro atoms. The number of fused-ring (bicyclic) bond motifs is 1. The summed E-state index contributed by atoms with van der Waals surface area (Å²) in [4.78, 5) is 38.5. The summed E-state index contributed by atoms with van der Waals surface area (Å²) in [6.45, 7) is 5.22. The number of nitrogens with zero attached hydrogens (tertiary/aromatic N) is 2. The molecule has 3 unspecified atom stereocenters. The Bertz CT molecular complexity index is 977. The summed E-state index contributed by atoms with van der Waals surface area (Å²) in [5.41, 5.74) is 1.41.